The molecule has 1 atom stereocenters. The second-order valence-corrected chi connectivity index (χ2v) is 4.43. The van der Waals surface area contributed by atoms with Gasteiger partial charge in [0.05, 0.1) is 26.1 Å². The van der Waals surface area contributed by atoms with E-state index in [1.54, 1.807) is 20.4 Å². The van der Waals surface area contributed by atoms with Crippen molar-refractivity contribution < 1.29 is 9.47 Å². The van der Waals surface area contributed by atoms with E-state index in [9.17, 15) is 0 Å². The van der Waals surface area contributed by atoms with Crippen molar-refractivity contribution in [2.75, 3.05) is 19.5 Å². The second kappa shape index (κ2) is 6.13. The maximum atomic E-state index is 5.30. The smallest absolute Gasteiger partial charge is 0.160 e. The molecule has 0 spiro atoms. The van der Waals surface area contributed by atoms with E-state index in [4.69, 9.17) is 9.47 Å². The van der Waals surface area contributed by atoms with Crippen molar-refractivity contribution in [3.05, 3.63) is 36.2 Å². The summed E-state index contributed by atoms with van der Waals surface area (Å²) in [6.07, 6.45) is 4.50. The molecule has 0 amide bonds. The highest BCUT2D eigenvalue weighted by Crippen LogP contribution is 2.28. The highest BCUT2D eigenvalue weighted by molar-refractivity contribution is 5.44. The Kier molecular flexibility index (Phi) is 4.28. The maximum Gasteiger partial charge on any atom is 0.160 e. The van der Waals surface area contributed by atoms with Gasteiger partial charge in [0.2, 0.25) is 0 Å². The summed E-state index contributed by atoms with van der Waals surface area (Å²) in [4.78, 5) is 0. The number of methoxy groups -OCH3 is 2. The number of aromatic amines is 1. The van der Waals surface area contributed by atoms with Gasteiger partial charge < -0.3 is 14.8 Å². The first-order chi connectivity index (χ1) is 9.22. The summed E-state index contributed by atoms with van der Waals surface area (Å²) in [5.41, 5.74) is 2.19. The van der Waals surface area contributed by atoms with Gasteiger partial charge in [0.15, 0.2) is 11.5 Å². The number of nitrogens with one attached hydrogen (secondary N) is 2. The van der Waals surface area contributed by atoms with Crippen LogP contribution >= 0.6 is 0 Å². The van der Waals surface area contributed by atoms with Crippen molar-refractivity contribution in [1.82, 2.24) is 10.2 Å². The van der Waals surface area contributed by atoms with Crippen LogP contribution in [-0.4, -0.2) is 30.5 Å². The minimum Gasteiger partial charge on any atom is -0.493 e. The number of rotatable bonds is 6. The molecule has 2 N–H and O–H groups in total. The molecule has 1 aromatic heterocycles. The lowest BCUT2D eigenvalue weighted by atomic mass is 10.1. The average Bonchev–Trinajstić information content (AvgIpc) is 2.91. The van der Waals surface area contributed by atoms with E-state index in [1.165, 1.54) is 5.56 Å². The summed E-state index contributed by atoms with van der Waals surface area (Å²) in [5.74, 6) is 1.51. The van der Waals surface area contributed by atoms with Crippen molar-refractivity contribution in [3.8, 4) is 11.5 Å². The number of hydrogen-bond acceptors (Lipinski definition) is 4. The minimum atomic E-state index is 0.302. The van der Waals surface area contributed by atoms with Gasteiger partial charge in [-0.1, -0.05) is 6.07 Å². The normalized spacial score (nSPS) is 11.9. The predicted octanol–water partition coefficient (Wildman–Crippen LogP) is 2.47. The fraction of sp³-hybridized carbons (Fsp3) is 0.357. The molecule has 5 heteroatoms. The zero-order chi connectivity index (χ0) is 13.7. The van der Waals surface area contributed by atoms with E-state index in [1.807, 2.05) is 18.3 Å². The van der Waals surface area contributed by atoms with Gasteiger partial charge in [0.25, 0.3) is 0 Å². The van der Waals surface area contributed by atoms with Crippen molar-refractivity contribution >= 4 is 5.69 Å². The molecule has 0 radical (unpaired) electrons. The third-order valence-corrected chi connectivity index (χ3v) is 2.90. The molecule has 0 aliphatic heterocycles. The van der Waals surface area contributed by atoms with Crippen LogP contribution < -0.4 is 14.8 Å². The molecule has 1 unspecified atom stereocenters. The third-order valence-electron chi connectivity index (χ3n) is 2.90. The largest absolute Gasteiger partial charge is 0.493 e. The summed E-state index contributed by atoms with van der Waals surface area (Å²) >= 11 is 0. The quantitative estimate of drug-likeness (QED) is 0.838. The topological polar surface area (TPSA) is 59.2 Å². The van der Waals surface area contributed by atoms with Crippen LogP contribution in [0.1, 0.15) is 12.5 Å². The van der Waals surface area contributed by atoms with Crippen LogP contribution in [0, 0.1) is 0 Å². The van der Waals surface area contributed by atoms with Gasteiger partial charge in [0, 0.05) is 12.2 Å². The zero-order valence-corrected chi connectivity index (χ0v) is 11.4. The zero-order valence-electron chi connectivity index (χ0n) is 11.4. The molecule has 1 heterocycles. The standard InChI is InChI=1S/C14H19N3O2/c1-10(17-12-8-15-16-9-12)6-11-4-5-13(18-2)14(7-11)19-3/h4-5,7-10,17H,6H2,1-3H3,(H,15,16). The van der Waals surface area contributed by atoms with Crippen molar-refractivity contribution in [3.63, 3.8) is 0 Å². The second-order valence-electron chi connectivity index (χ2n) is 4.43. The molecule has 2 aromatic rings. The molecular weight excluding hydrogens is 242 g/mol. The van der Waals surface area contributed by atoms with Crippen LogP contribution in [-0.2, 0) is 6.42 Å². The number of ether oxygens (including phenoxy) is 2. The summed E-state index contributed by atoms with van der Waals surface area (Å²) < 4.78 is 10.5. The van der Waals surface area contributed by atoms with Crippen LogP contribution in [0.4, 0.5) is 5.69 Å². The molecule has 0 bridgehead atoms. The van der Waals surface area contributed by atoms with Gasteiger partial charge in [-0.2, -0.15) is 5.10 Å². The number of anilines is 1. The van der Waals surface area contributed by atoms with Gasteiger partial charge >= 0.3 is 0 Å². The SMILES string of the molecule is COc1ccc(CC(C)Nc2cn[nH]c2)cc1OC. The Morgan fingerprint density at radius 1 is 1.26 bits per heavy atom. The first-order valence-corrected chi connectivity index (χ1v) is 6.19. The van der Waals surface area contributed by atoms with E-state index < -0.39 is 0 Å². The molecule has 102 valence electrons. The molecule has 0 fully saturated rings. The van der Waals surface area contributed by atoms with Crippen LogP contribution in [0.2, 0.25) is 0 Å². The summed E-state index contributed by atoms with van der Waals surface area (Å²) in [6.45, 7) is 2.13. The van der Waals surface area contributed by atoms with E-state index >= 15 is 0 Å². The molecule has 0 aliphatic carbocycles. The number of H-pyrrole nitrogens is 1. The molecule has 2 rings (SSSR count). The Labute approximate surface area is 112 Å². The van der Waals surface area contributed by atoms with Gasteiger partial charge in [0.1, 0.15) is 0 Å². The average molecular weight is 261 g/mol. The van der Waals surface area contributed by atoms with Gasteiger partial charge in [-0.3, -0.25) is 5.10 Å². The molecular formula is C14H19N3O2. The predicted molar refractivity (Wildman–Crippen MR) is 74.9 cm³/mol. The Bertz CT molecular complexity index is 511. The van der Waals surface area contributed by atoms with E-state index in [2.05, 4.69) is 28.5 Å². The Hall–Kier alpha value is -2.17. The summed E-state index contributed by atoms with van der Waals surface area (Å²) in [5, 5.41) is 10.1. The van der Waals surface area contributed by atoms with Crippen LogP contribution in [0.25, 0.3) is 0 Å². The molecule has 19 heavy (non-hydrogen) atoms. The monoisotopic (exact) mass is 261 g/mol. The Balaban J connectivity index is 2.02. The molecule has 5 nitrogen and oxygen atoms in total. The fourth-order valence-electron chi connectivity index (χ4n) is 2.03. The number of benzene rings is 1. The maximum absolute atomic E-state index is 5.30. The van der Waals surface area contributed by atoms with Gasteiger partial charge in [-0.05, 0) is 31.0 Å². The van der Waals surface area contributed by atoms with Gasteiger partial charge in [-0.15, -0.1) is 0 Å². The number of hydrogen-bond donors (Lipinski definition) is 2. The lowest BCUT2D eigenvalue weighted by Gasteiger charge is -2.15. The highest BCUT2D eigenvalue weighted by atomic mass is 16.5. The molecule has 0 aliphatic rings. The minimum absolute atomic E-state index is 0.302. The Morgan fingerprint density at radius 2 is 2.05 bits per heavy atom. The Morgan fingerprint density at radius 3 is 2.68 bits per heavy atom. The molecule has 1 aromatic carbocycles. The van der Waals surface area contributed by atoms with Gasteiger partial charge in [-0.25, -0.2) is 0 Å². The number of nitrogens with zero attached hydrogens (tertiary/aromatic N) is 1. The van der Waals surface area contributed by atoms with E-state index in [-0.39, 0.29) is 0 Å². The summed E-state index contributed by atoms with van der Waals surface area (Å²) in [6, 6.07) is 6.29. The molecule has 0 saturated heterocycles. The lowest BCUT2D eigenvalue weighted by Crippen LogP contribution is -2.17. The van der Waals surface area contributed by atoms with Crippen LogP contribution in [0.5, 0.6) is 11.5 Å². The van der Waals surface area contributed by atoms with Crippen molar-refractivity contribution in [2.45, 2.75) is 19.4 Å². The van der Waals surface area contributed by atoms with Crippen LogP contribution in [0.15, 0.2) is 30.6 Å². The first-order valence-electron chi connectivity index (χ1n) is 6.19. The van der Waals surface area contributed by atoms with Crippen LogP contribution in [0.3, 0.4) is 0 Å². The number of aromatic nitrogens is 2. The van der Waals surface area contributed by atoms with Crippen molar-refractivity contribution in [2.24, 2.45) is 0 Å². The van der Waals surface area contributed by atoms with Crippen molar-refractivity contribution in [1.29, 1.82) is 0 Å². The highest BCUT2D eigenvalue weighted by Gasteiger charge is 2.08. The third kappa shape index (κ3) is 3.40. The van der Waals surface area contributed by atoms with E-state index in [0.717, 1.165) is 23.6 Å². The summed E-state index contributed by atoms with van der Waals surface area (Å²) in [7, 11) is 3.29. The molecule has 0 saturated carbocycles. The fourth-order valence-corrected chi connectivity index (χ4v) is 2.03. The first kappa shape index (κ1) is 13.3. The van der Waals surface area contributed by atoms with E-state index in [0.29, 0.717) is 6.04 Å². The lowest BCUT2D eigenvalue weighted by molar-refractivity contribution is 0.354.